The fraction of sp³-hybridized carbons (Fsp3) is 0.462. The normalized spacial score (nSPS) is 11.8. The van der Waals surface area contributed by atoms with Crippen LogP contribution in [0.4, 0.5) is 0 Å². The molecular weight excluding hydrogens is 386 g/mol. The number of hydrogen-bond donors (Lipinski definition) is 3. The summed E-state index contributed by atoms with van der Waals surface area (Å²) in [6, 6.07) is 20.3. The van der Waals surface area contributed by atoms with E-state index in [1.807, 2.05) is 43.3 Å². The second kappa shape index (κ2) is 14.4. The third-order valence-electron chi connectivity index (χ3n) is 5.47. The summed E-state index contributed by atoms with van der Waals surface area (Å²) in [5.41, 5.74) is 7.96. The van der Waals surface area contributed by atoms with Crippen molar-refractivity contribution in [2.45, 2.75) is 63.8 Å². The van der Waals surface area contributed by atoms with Gasteiger partial charge in [-0.15, -0.1) is 0 Å². The highest BCUT2D eigenvalue weighted by atomic mass is 16.2. The van der Waals surface area contributed by atoms with E-state index in [2.05, 4.69) is 34.9 Å². The number of carbonyl (C=O) groups is 2. The van der Waals surface area contributed by atoms with Crippen LogP contribution in [0, 0.1) is 0 Å². The van der Waals surface area contributed by atoms with E-state index in [0.29, 0.717) is 25.9 Å². The molecule has 1 atom stereocenters. The monoisotopic (exact) mass is 423 g/mol. The third-order valence-corrected chi connectivity index (χ3v) is 5.47. The number of carbonyl (C=O) groups excluding carboxylic acids is 2. The predicted molar refractivity (Wildman–Crippen MR) is 127 cm³/mol. The standard InChI is InChI=1S/C26H37N3O2/c1-2-12-24(29-25(30)17-10-5-11-19-27)26(31)28-20-18-23(21-13-6-3-7-14-21)22-15-8-4-9-16-22/h3-4,6-9,13-16,23-24H,2,5,10-12,17-20,27H2,1H3,(H,28,31)(H,29,30)/t24-/m1/s1. The van der Waals surface area contributed by atoms with Crippen molar-refractivity contribution in [3.8, 4) is 0 Å². The zero-order valence-corrected chi connectivity index (χ0v) is 18.7. The van der Waals surface area contributed by atoms with E-state index < -0.39 is 6.04 Å². The molecule has 0 bridgehead atoms. The maximum Gasteiger partial charge on any atom is 0.242 e. The van der Waals surface area contributed by atoms with Gasteiger partial charge in [0.15, 0.2) is 0 Å². The maximum absolute atomic E-state index is 12.8. The average molecular weight is 424 g/mol. The summed E-state index contributed by atoms with van der Waals surface area (Å²) in [6.07, 6.45) is 5.39. The Hall–Kier alpha value is -2.66. The van der Waals surface area contributed by atoms with Gasteiger partial charge in [-0.25, -0.2) is 0 Å². The van der Waals surface area contributed by atoms with Crippen molar-refractivity contribution in [1.82, 2.24) is 10.6 Å². The average Bonchev–Trinajstić information content (AvgIpc) is 2.80. The minimum absolute atomic E-state index is 0.0583. The van der Waals surface area contributed by atoms with Gasteiger partial charge >= 0.3 is 0 Å². The largest absolute Gasteiger partial charge is 0.354 e. The second-order valence-electron chi connectivity index (χ2n) is 7.96. The van der Waals surface area contributed by atoms with Crippen molar-refractivity contribution in [1.29, 1.82) is 0 Å². The molecule has 2 rings (SSSR count). The highest BCUT2D eigenvalue weighted by Gasteiger charge is 2.20. The molecule has 2 aromatic rings. The lowest BCUT2D eigenvalue weighted by atomic mass is 9.88. The van der Waals surface area contributed by atoms with Gasteiger partial charge < -0.3 is 16.4 Å². The van der Waals surface area contributed by atoms with Gasteiger partial charge in [0, 0.05) is 18.9 Å². The van der Waals surface area contributed by atoms with Crippen LogP contribution in [0.15, 0.2) is 60.7 Å². The molecule has 0 aliphatic carbocycles. The van der Waals surface area contributed by atoms with Crippen LogP contribution in [-0.2, 0) is 9.59 Å². The summed E-state index contributed by atoms with van der Waals surface area (Å²) in [7, 11) is 0. The van der Waals surface area contributed by atoms with Crippen molar-refractivity contribution < 1.29 is 9.59 Å². The van der Waals surface area contributed by atoms with Crippen molar-refractivity contribution in [3.05, 3.63) is 71.8 Å². The van der Waals surface area contributed by atoms with E-state index in [1.54, 1.807) is 0 Å². The Morgan fingerprint density at radius 1 is 0.871 bits per heavy atom. The van der Waals surface area contributed by atoms with Crippen molar-refractivity contribution in [2.75, 3.05) is 13.1 Å². The number of amides is 2. The number of benzene rings is 2. The minimum Gasteiger partial charge on any atom is -0.354 e. The summed E-state index contributed by atoms with van der Waals surface area (Å²) in [5, 5.41) is 5.96. The summed E-state index contributed by atoms with van der Waals surface area (Å²) in [5.74, 6) is 0.0542. The van der Waals surface area contributed by atoms with E-state index >= 15 is 0 Å². The molecule has 5 nitrogen and oxygen atoms in total. The topological polar surface area (TPSA) is 84.2 Å². The van der Waals surface area contributed by atoms with Crippen LogP contribution < -0.4 is 16.4 Å². The highest BCUT2D eigenvalue weighted by molar-refractivity contribution is 5.87. The first-order valence-electron chi connectivity index (χ1n) is 11.5. The van der Waals surface area contributed by atoms with Crippen LogP contribution in [0.1, 0.15) is 68.9 Å². The molecule has 0 aromatic heterocycles. The van der Waals surface area contributed by atoms with E-state index in [1.165, 1.54) is 11.1 Å². The molecule has 0 unspecified atom stereocenters. The van der Waals surface area contributed by atoms with E-state index in [0.717, 1.165) is 32.1 Å². The first-order valence-corrected chi connectivity index (χ1v) is 11.5. The van der Waals surface area contributed by atoms with Gasteiger partial charge in [0.1, 0.15) is 6.04 Å². The quantitative estimate of drug-likeness (QED) is 0.400. The van der Waals surface area contributed by atoms with Gasteiger partial charge in [-0.1, -0.05) is 80.4 Å². The number of unbranched alkanes of at least 4 members (excludes halogenated alkanes) is 2. The number of hydrogen-bond acceptors (Lipinski definition) is 3. The Bertz CT molecular complexity index is 725. The first-order chi connectivity index (χ1) is 15.2. The van der Waals surface area contributed by atoms with Crippen molar-refractivity contribution in [2.24, 2.45) is 5.73 Å². The second-order valence-corrected chi connectivity index (χ2v) is 7.96. The zero-order valence-electron chi connectivity index (χ0n) is 18.7. The molecule has 2 aromatic carbocycles. The molecule has 2 amide bonds. The van der Waals surface area contributed by atoms with E-state index in [-0.39, 0.29) is 17.7 Å². The molecule has 0 radical (unpaired) electrons. The molecule has 0 heterocycles. The Balaban J connectivity index is 1.90. The molecular formula is C26H37N3O2. The first kappa shape index (κ1) is 24.6. The molecule has 0 saturated carbocycles. The van der Waals surface area contributed by atoms with Crippen LogP contribution in [0.3, 0.4) is 0 Å². The van der Waals surface area contributed by atoms with Crippen LogP contribution >= 0.6 is 0 Å². The van der Waals surface area contributed by atoms with Gasteiger partial charge in [0.25, 0.3) is 0 Å². The van der Waals surface area contributed by atoms with Crippen LogP contribution in [0.5, 0.6) is 0 Å². The fourth-order valence-electron chi connectivity index (χ4n) is 3.79. The molecule has 0 aliphatic rings. The zero-order chi connectivity index (χ0) is 22.3. The summed E-state index contributed by atoms with van der Waals surface area (Å²) < 4.78 is 0. The summed E-state index contributed by atoms with van der Waals surface area (Å²) >= 11 is 0. The SMILES string of the molecule is CCC[C@@H](NC(=O)CCCCCN)C(=O)NCCC(c1ccccc1)c1ccccc1. The lowest BCUT2D eigenvalue weighted by Gasteiger charge is -2.21. The Morgan fingerprint density at radius 3 is 2.03 bits per heavy atom. The lowest BCUT2D eigenvalue weighted by molar-refractivity contribution is -0.129. The van der Waals surface area contributed by atoms with Gasteiger partial charge in [-0.05, 0) is 43.4 Å². The maximum atomic E-state index is 12.8. The smallest absolute Gasteiger partial charge is 0.242 e. The molecule has 0 fully saturated rings. The summed E-state index contributed by atoms with van der Waals surface area (Å²) in [4.78, 5) is 25.0. The third kappa shape index (κ3) is 8.93. The van der Waals surface area contributed by atoms with Gasteiger partial charge in [-0.2, -0.15) is 0 Å². The van der Waals surface area contributed by atoms with Crippen molar-refractivity contribution in [3.63, 3.8) is 0 Å². The number of rotatable bonds is 14. The van der Waals surface area contributed by atoms with E-state index in [4.69, 9.17) is 5.73 Å². The lowest BCUT2D eigenvalue weighted by Crippen LogP contribution is -2.47. The molecule has 31 heavy (non-hydrogen) atoms. The van der Waals surface area contributed by atoms with E-state index in [9.17, 15) is 9.59 Å². The molecule has 168 valence electrons. The Kier molecular flexibility index (Phi) is 11.4. The van der Waals surface area contributed by atoms with Gasteiger partial charge in [0.2, 0.25) is 11.8 Å². The molecule has 0 saturated heterocycles. The van der Waals surface area contributed by atoms with Crippen LogP contribution in [-0.4, -0.2) is 30.9 Å². The predicted octanol–water partition coefficient (Wildman–Crippen LogP) is 4.13. The number of nitrogens with two attached hydrogens (primary N) is 1. The summed E-state index contributed by atoms with van der Waals surface area (Å²) in [6.45, 7) is 3.23. The molecule has 4 N–H and O–H groups in total. The Morgan fingerprint density at radius 2 is 1.48 bits per heavy atom. The van der Waals surface area contributed by atoms with Crippen molar-refractivity contribution >= 4 is 11.8 Å². The van der Waals surface area contributed by atoms with Gasteiger partial charge in [0.05, 0.1) is 0 Å². The highest BCUT2D eigenvalue weighted by Crippen LogP contribution is 2.27. The van der Waals surface area contributed by atoms with Gasteiger partial charge in [-0.3, -0.25) is 9.59 Å². The molecule has 5 heteroatoms. The molecule has 0 aliphatic heterocycles. The van der Waals surface area contributed by atoms with Crippen LogP contribution in [0.25, 0.3) is 0 Å². The molecule has 0 spiro atoms. The fourth-order valence-corrected chi connectivity index (χ4v) is 3.79. The van der Waals surface area contributed by atoms with Crippen LogP contribution in [0.2, 0.25) is 0 Å². The Labute approximate surface area is 186 Å². The number of nitrogens with one attached hydrogen (secondary N) is 2. The minimum atomic E-state index is -0.473.